The smallest absolute Gasteiger partial charge is 0.261 e. The lowest BCUT2D eigenvalue weighted by molar-refractivity contribution is 0.0727. The van der Waals surface area contributed by atoms with Gasteiger partial charge in [0, 0.05) is 12.6 Å². The summed E-state index contributed by atoms with van der Waals surface area (Å²) in [6.45, 7) is 2.42. The van der Waals surface area contributed by atoms with Crippen molar-refractivity contribution in [1.29, 1.82) is 0 Å². The van der Waals surface area contributed by atoms with Crippen molar-refractivity contribution in [3.8, 4) is 28.6 Å². The van der Waals surface area contributed by atoms with Crippen molar-refractivity contribution in [2.45, 2.75) is 25.8 Å². The lowest BCUT2D eigenvalue weighted by Gasteiger charge is -2.23. The summed E-state index contributed by atoms with van der Waals surface area (Å²) in [7, 11) is 1.32. The molecule has 0 radical (unpaired) electrons. The number of para-hydroxylation sites is 1. The van der Waals surface area contributed by atoms with Crippen molar-refractivity contribution in [2.24, 2.45) is 0 Å². The Morgan fingerprint density at radius 2 is 2.00 bits per heavy atom. The van der Waals surface area contributed by atoms with Gasteiger partial charge in [-0.2, -0.15) is 20.0 Å². The molecule has 2 aromatic carbocycles. The second-order valence-electron chi connectivity index (χ2n) is 7.99. The second kappa shape index (κ2) is 9.72. The zero-order valence-corrected chi connectivity index (χ0v) is 19.5. The number of benzene rings is 2. The van der Waals surface area contributed by atoms with E-state index in [1.54, 1.807) is 17.9 Å². The van der Waals surface area contributed by atoms with E-state index >= 15 is 0 Å². The third-order valence-corrected chi connectivity index (χ3v) is 5.87. The molecule has 0 bridgehead atoms. The molecule has 5 rings (SSSR count). The van der Waals surface area contributed by atoms with E-state index in [2.05, 4.69) is 20.3 Å². The lowest BCUT2D eigenvalue weighted by atomic mass is 10.1. The molecule has 1 fully saturated rings. The fourth-order valence-corrected chi connectivity index (χ4v) is 4.26. The van der Waals surface area contributed by atoms with Gasteiger partial charge in [0.15, 0.2) is 29.0 Å². The summed E-state index contributed by atoms with van der Waals surface area (Å²) in [5, 5.41) is 12.2. The highest BCUT2D eigenvalue weighted by Gasteiger charge is 2.36. The molecule has 2 aromatic heterocycles. The van der Waals surface area contributed by atoms with Crippen LogP contribution in [0.1, 0.15) is 42.0 Å². The Labute approximate surface area is 204 Å². The summed E-state index contributed by atoms with van der Waals surface area (Å²) in [6, 6.07) is 6.41. The molecule has 36 heavy (non-hydrogen) atoms. The molecule has 1 saturated heterocycles. The molecule has 12 heteroatoms. The lowest BCUT2D eigenvalue weighted by Crippen LogP contribution is -2.32. The average molecular weight is 496 g/mol. The van der Waals surface area contributed by atoms with Crippen LogP contribution in [0.2, 0.25) is 0 Å². The summed E-state index contributed by atoms with van der Waals surface area (Å²) in [6.07, 6.45) is 4.13. The molecule has 1 atom stereocenters. The van der Waals surface area contributed by atoms with E-state index in [0.29, 0.717) is 24.9 Å². The highest BCUT2D eigenvalue weighted by atomic mass is 19.1. The number of carbonyl (C=O) groups is 1. The average Bonchev–Trinajstić information content (AvgIpc) is 3.66. The van der Waals surface area contributed by atoms with Crippen molar-refractivity contribution in [3.63, 3.8) is 0 Å². The fraction of sp³-hybridized carbons (Fsp3) is 0.292. The van der Waals surface area contributed by atoms with Crippen LogP contribution in [0.25, 0.3) is 17.1 Å². The van der Waals surface area contributed by atoms with Crippen LogP contribution in [0.5, 0.6) is 11.5 Å². The van der Waals surface area contributed by atoms with E-state index in [1.807, 2.05) is 0 Å². The third-order valence-electron chi connectivity index (χ3n) is 5.87. The molecule has 186 valence electrons. The molecule has 1 unspecified atom stereocenters. The first-order valence-corrected chi connectivity index (χ1v) is 11.3. The number of nitrogens with zero attached hydrogens (tertiary/aromatic N) is 6. The van der Waals surface area contributed by atoms with E-state index in [4.69, 9.17) is 14.0 Å². The topological polar surface area (TPSA) is 108 Å². The zero-order valence-electron chi connectivity index (χ0n) is 19.5. The van der Waals surface area contributed by atoms with Crippen molar-refractivity contribution in [3.05, 3.63) is 65.7 Å². The van der Waals surface area contributed by atoms with Crippen LogP contribution in [0.15, 0.2) is 47.2 Å². The maximum absolute atomic E-state index is 14.5. The van der Waals surface area contributed by atoms with Gasteiger partial charge in [0.05, 0.1) is 43.3 Å². The van der Waals surface area contributed by atoms with Gasteiger partial charge in [-0.1, -0.05) is 11.2 Å². The number of likely N-dealkylation sites (tertiary alicyclic amines) is 1. The Bertz CT molecular complexity index is 1390. The molecule has 0 N–H and O–H groups in total. The minimum Gasteiger partial charge on any atom is -0.494 e. The quantitative estimate of drug-likeness (QED) is 0.378. The van der Waals surface area contributed by atoms with E-state index in [-0.39, 0.29) is 41.1 Å². The van der Waals surface area contributed by atoms with E-state index in [1.165, 1.54) is 42.5 Å². The maximum Gasteiger partial charge on any atom is 0.261 e. The molecule has 4 aromatic rings. The molecule has 0 spiro atoms. The Morgan fingerprint density at radius 3 is 2.75 bits per heavy atom. The number of amides is 1. The predicted molar refractivity (Wildman–Crippen MR) is 122 cm³/mol. The zero-order chi connectivity index (χ0) is 25.2. The van der Waals surface area contributed by atoms with Crippen LogP contribution in [0.4, 0.5) is 8.78 Å². The summed E-state index contributed by atoms with van der Waals surface area (Å²) in [5.74, 6) is -1.30. The van der Waals surface area contributed by atoms with Crippen molar-refractivity contribution in [1.82, 2.24) is 30.0 Å². The monoisotopic (exact) mass is 496 g/mol. The molecule has 1 aliphatic rings. The van der Waals surface area contributed by atoms with Crippen LogP contribution in [-0.4, -0.2) is 56.2 Å². The predicted octanol–water partition coefficient (Wildman–Crippen LogP) is 3.98. The summed E-state index contributed by atoms with van der Waals surface area (Å²) in [4.78, 5) is 20.9. The molecule has 0 saturated carbocycles. The van der Waals surface area contributed by atoms with Crippen LogP contribution in [0.3, 0.4) is 0 Å². The number of aromatic nitrogens is 5. The standard InChI is InChI=1S/C24H22F2N6O4/c1-3-35-21-14(6-4-7-16(21)25)23-29-22(30-36-23)18-8-5-11-31(18)24(33)15-12-20(34-2)17(26)13-19(15)32-27-9-10-28-32/h4,6-7,9-10,12-13,18H,3,5,8,11H2,1-2H3. The number of halogens is 2. The van der Waals surface area contributed by atoms with Gasteiger partial charge >= 0.3 is 0 Å². The minimum absolute atomic E-state index is 0.0179. The summed E-state index contributed by atoms with van der Waals surface area (Å²) < 4.78 is 44.8. The number of carbonyl (C=O) groups excluding carboxylic acids is 1. The number of methoxy groups -OCH3 is 1. The molecular formula is C24H22F2N6O4. The van der Waals surface area contributed by atoms with Gasteiger partial charge in [0.2, 0.25) is 0 Å². The highest BCUT2D eigenvalue weighted by molar-refractivity contribution is 5.98. The Kier molecular flexibility index (Phi) is 6.32. The van der Waals surface area contributed by atoms with E-state index in [0.717, 1.165) is 6.07 Å². The van der Waals surface area contributed by atoms with Crippen LogP contribution in [-0.2, 0) is 0 Å². The van der Waals surface area contributed by atoms with E-state index < -0.39 is 23.6 Å². The molecule has 1 amide bonds. The van der Waals surface area contributed by atoms with Gasteiger partial charge in [0.1, 0.15) is 5.69 Å². The Balaban J connectivity index is 1.49. The molecule has 1 aliphatic heterocycles. The maximum atomic E-state index is 14.5. The Hall–Kier alpha value is -4.35. The molecule has 10 nitrogen and oxygen atoms in total. The van der Waals surface area contributed by atoms with Crippen molar-refractivity contribution in [2.75, 3.05) is 20.3 Å². The van der Waals surface area contributed by atoms with Gasteiger partial charge in [0.25, 0.3) is 11.8 Å². The first-order chi connectivity index (χ1) is 17.5. The van der Waals surface area contributed by atoms with Crippen LogP contribution in [0, 0.1) is 11.6 Å². The number of hydrogen-bond acceptors (Lipinski definition) is 8. The molecule has 0 aliphatic carbocycles. The first kappa shape index (κ1) is 23.4. The fourth-order valence-electron chi connectivity index (χ4n) is 4.26. The van der Waals surface area contributed by atoms with Crippen molar-refractivity contribution < 1.29 is 27.6 Å². The largest absolute Gasteiger partial charge is 0.494 e. The molecule has 3 heterocycles. The van der Waals surface area contributed by atoms with Crippen LogP contribution >= 0.6 is 0 Å². The SMILES string of the molecule is CCOc1c(F)cccc1-c1nc(C2CCCN2C(=O)c2cc(OC)c(F)cc2-n2nccn2)no1. The number of ether oxygens (including phenoxy) is 2. The van der Waals surface area contributed by atoms with Crippen molar-refractivity contribution >= 4 is 5.91 Å². The van der Waals surface area contributed by atoms with Gasteiger partial charge in [-0.25, -0.2) is 8.78 Å². The van der Waals surface area contributed by atoms with Gasteiger partial charge in [-0.05, 0) is 38.0 Å². The normalized spacial score (nSPS) is 15.3. The van der Waals surface area contributed by atoms with Crippen LogP contribution < -0.4 is 9.47 Å². The number of hydrogen-bond donors (Lipinski definition) is 0. The van der Waals surface area contributed by atoms with Gasteiger partial charge in [-0.15, -0.1) is 0 Å². The second-order valence-corrected chi connectivity index (χ2v) is 7.99. The van der Waals surface area contributed by atoms with Gasteiger partial charge < -0.3 is 18.9 Å². The highest BCUT2D eigenvalue weighted by Crippen LogP contribution is 2.37. The number of rotatable bonds is 7. The minimum atomic E-state index is -0.651. The molecular weight excluding hydrogens is 474 g/mol. The summed E-state index contributed by atoms with van der Waals surface area (Å²) >= 11 is 0. The van der Waals surface area contributed by atoms with Gasteiger partial charge in [-0.3, -0.25) is 4.79 Å². The van der Waals surface area contributed by atoms with E-state index in [9.17, 15) is 13.6 Å². The third kappa shape index (κ3) is 4.14. The first-order valence-electron chi connectivity index (χ1n) is 11.3. The summed E-state index contributed by atoms with van der Waals surface area (Å²) in [5.41, 5.74) is 0.648. The Morgan fingerprint density at radius 1 is 1.19 bits per heavy atom.